The van der Waals surface area contributed by atoms with Crippen molar-refractivity contribution < 1.29 is 4.79 Å². The first kappa shape index (κ1) is 17.7. The Morgan fingerprint density at radius 3 is 2.31 bits per heavy atom. The molecule has 1 N–H and O–H groups in total. The van der Waals surface area contributed by atoms with E-state index in [0.717, 1.165) is 30.0 Å². The second-order valence-corrected chi connectivity index (χ2v) is 5.95. The standard InChI is InChI=1S/C20H23N5O/c1-4-25(5-2)17-13-11-16(12-14-17)21-20(26)19-18(22-23-24(19)3)15-9-7-6-8-10-15/h6-14H,4-5H2,1-3H3,(H,21,26). The van der Waals surface area contributed by atoms with Crippen LogP contribution in [-0.4, -0.2) is 34.0 Å². The number of rotatable bonds is 6. The molecule has 0 fully saturated rings. The summed E-state index contributed by atoms with van der Waals surface area (Å²) in [6.45, 7) is 6.14. The molecule has 1 aromatic heterocycles. The number of anilines is 2. The lowest BCUT2D eigenvalue weighted by atomic mass is 10.1. The molecule has 1 amide bonds. The van der Waals surface area contributed by atoms with Crippen molar-refractivity contribution in [2.75, 3.05) is 23.3 Å². The van der Waals surface area contributed by atoms with Crippen molar-refractivity contribution in [1.82, 2.24) is 15.0 Å². The number of hydrogen-bond donors (Lipinski definition) is 1. The molecule has 2 aromatic carbocycles. The Bertz CT molecular complexity index is 867. The molecular weight excluding hydrogens is 326 g/mol. The van der Waals surface area contributed by atoms with Crippen molar-refractivity contribution in [2.24, 2.45) is 7.05 Å². The van der Waals surface area contributed by atoms with Crippen LogP contribution in [0.25, 0.3) is 11.3 Å². The Morgan fingerprint density at radius 2 is 1.69 bits per heavy atom. The van der Waals surface area contributed by atoms with E-state index >= 15 is 0 Å². The van der Waals surface area contributed by atoms with E-state index in [-0.39, 0.29) is 5.91 Å². The molecular formula is C20H23N5O. The summed E-state index contributed by atoms with van der Waals surface area (Å²) in [5.74, 6) is -0.230. The van der Waals surface area contributed by atoms with Crippen LogP contribution in [0, 0.1) is 0 Å². The lowest BCUT2D eigenvalue weighted by Crippen LogP contribution is -2.21. The molecule has 0 atom stereocenters. The fourth-order valence-corrected chi connectivity index (χ4v) is 2.94. The fourth-order valence-electron chi connectivity index (χ4n) is 2.94. The van der Waals surface area contributed by atoms with Crippen molar-refractivity contribution in [1.29, 1.82) is 0 Å². The van der Waals surface area contributed by atoms with Crippen LogP contribution in [0.3, 0.4) is 0 Å². The summed E-state index contributed by atoms with van der Waals surface area (Å²) in [4.78, 5) is 15.1. The highest BCUT2D eigenvalue weighted by Crippen LogP contribution is 2.22. The van der Waals surface area contributed by atoms with Gasteiger partial charge >= 0.3 is 0 Å². The smallest absolute Gasteiger partial charge is 0.276 e. The third-order valence-electron chi connectivity index (χ3n) is 4.34. The van der Waals surface area contributed by atoms with Gasteiger partial charge in [0.05, 0.1) is 0 Å². The van der Waals surface area contributed by atoms with Crippen LogP contribution in [0.2, 0.25) is 0 Å². The minimum atomic E-state index is -0.230. The number of aryl methyl sites for hydroxylation is 1. The Kier molecular flexibility index (Phi) is 5.31. The molecule has 26 heavy (non-hydrogen) atoms. The van der Waals surface area contributed by atoms with Crippen LogP contribution < -0.4 is 10.2 Å². The Labute approximate surface area is 153 Å². The van der Waals surface area contributed by atoms with Crippen molar-refractivity contribution in [3.8, 4) is 11.3 Å². The predicted molar refractivity (Wildman–Crippen MR) is 104 cm³/mol. The quantitative estimate of drug-likeness (QED) is 0.739. The van der Waals surface area contributed by atoms with E-state index in [2.05, 4.69) is 34.4 Å². The van der Waals surface area contributed by atoms with Crippen LogP contribution in [0.4, 0.5) is 11.4 Å². The van der Waals surface area contributed by atoms with Crippen LogP contribution in [0.5, 0.6) is 0 Å². The van der Waals surface area contributed by atoms with E-state index in [0.29, 0.717) is 11.4 Å². The van der Waals surface area contributed by atoms with Gasteiger partial charge in [-0.15, -0.1) is 5.10 Å². The first-order valence-corrected chi connectivity index (χ1v) is 8.75. The Balaban J connectivity index is 1.82. The highest BCUT2D eigenvalue weighted by molar-refractivity contribution is 6.06. The number of nitrogens with zero attached hydrogens (tertiary/aromatic N) is 4. The van der Waals surface area contributed by atoms with Gasteiger partial charge in [-0.1, -0.05) is 35.5 Å². The van der Waals surface area contributed by atoms with Crippen molar-refractivity contribution in [2.45, 2.75) is 13.8 Å². The molecule has 1 heterocycles. The van der Waals surface area contributed by atoms with Crippen LogP contribution >= 0.6 is 0 Å². The average molecular weight is 349 g/mol. The molecule has 0 spiro atoms. The van der Waals surface area contributed by atoms with Gasteiger partial charge in [-0.25, -0.2) is 4.68 Å². The third kappa shape index (κ3) is 3.59. The van der Waals surface area contributed by atoms with Gasteiger partial charge in [0.2, 0.25) is 0 Å². The van der Waals surface area contributed by atoms with E-state index in [1.165, 1.54) is 4.68 Å². The minimum Gasteiger partial charge on any atom is -0.372 e. The van der Waals surface area contributed by atoms with E-state index in [1.54, 1.807) is 7.05 Å². The highest BCUT2D eigenvalue weighted by atomic mass is 16.2. The number of amides is 1. The summed E-state index contributed by atoms with van der Waals surface area (Å²) in [5.41, 5.74) is 3.75. The van der Waals surface area contributed by atoms with Gasteiger partial charge in [0.1, 0.15) is 5.69 Å². The molecule has 0 unspecified atom stereocenters. The van der Waals surface area contributed by atoms with Gasteiger partial charge in [-0.2, -0.15) is 0 Å². The molecule has 0 saturated heterocycles. The molecule has 0 radical (unpaired) electrons. The van der Waals surface area contributed by atoms with Gasteiger partial charge in [0, 0.05) is 37.1 Å². The summed E-state index contributed by atoms with van der Waals surface area (Å²) in [7, 11) is 1.72. The number of aromatic nitrogens is 3. The first-order valence-electron chi connectivity index (χ1n) is 8.75. The lowest BCUT2D eigenvalue weighted by molar-refractivity contribution is 0.101. The molecule has 6 nitrogen and oxygen atoms in total. The summed E-state index contributed by atoms with van der Waals surface area (Å²) in [6.07, 6.45) is 0. The number of nitrogens with one attached hydrogen (secondary N) is 1. The summed E-state index contributed by atoms with van der Waals surface area (Å²) < 4.78 is 1.50. The summed E-state index contributed by atoms with van der Waals surface area (Å²) in [5, 5.41) is 11.1. The summed E-state index contributed by atoms with van der Waals surface area (Å²) in [6, 6.07) is 17.4. The Hall–Kier alpha value is -3.15. The topological polar surface area (TPSA) is 63.1 Å². The van der Waals surface area contributed by atoms with Crippen LogP contribution in [-0.2, 0) is 7.05 Å². The van der Waals surface area contributed by atoms with Crippen molar-refractivity contribution in [3.63, 3.8) is 0 Å². The molecule has 0 aliphatic rings. The van der Waals surface area contributed by atoms with Gasteiger partial charge in [-0.3, -0.25) is 4.79 Å². The van der Waals surface area contributed by atoms with Gasteiger partial charge < -0.3 is 10.2 Å². The van der Waals surface area contributed by atoms with Gasteiger partial charge in [0.15, 0.2) is 5.69 Å². The van der Waals surface area contributed by atoms with E-state index in [4.69, 9.17) is 0 Å². The highest BCUT2D eigenvalue weighted by Gasteiger charge is 2.20. The van der Waals surface area contributed by atoms with Gasteiger partial charge in [0.25, 0.3) is 5.91 Å². The number of benzene rings is 2. The maximum Gasteiger partial charge on any atom is 0.276 e. The average Bonchev–Trinajstić information content (AvgIpc) is 3.06. The third-order valence-corrected chi connectivity index (χ3v) is 4.34. The minimum absolute atomic E-state index is 0.230. The number of hydrogen-bond acceptors (Lipinski definition) is 4. The Morgan fingerprint density at radius 1 is 1.04 bits per heavy atom. The van der Waals surface area contributed by atoms with Crippen molar-refractivity contribution in [3.05, 3.63) is 60.3 Å². The zero-order chi connectivity index (χ0) is 18.5. The maximum atomic E-state index is 12.8. The van der Waals surface area contributed by atoms with E-state index in [9.17, 15) is 4.79 Å². The summed E-state index contributed by atoms with van der Waals surface area (Å²) >= 11 is 0. The molecule has 0 aliphatic carbocycles. The normalized spacial score (nSPS) is 10.6. The van der Waals surface area contributed by atoms with Gasteiger partial charge in [-0.05, 0) is 38.1 Å². The maximum absolute atomic E-state index is 12.8. The lowest BCUT2D eigenvalue weighted by Gasteiger charge is -2.21. The molecule has 3 aromatic rings. The van der Waals surface area contributed by atoms with Crippen LogP contribution in [0.1, 0.15) is 24.3 Å². The molecule has 3 rings (SSSR count). The van der Waals surface area contributed by atoms with E-state index in [1.807, 2.05) is 54.6 Å². The largest absolute Gasteiger partial charge is 0.372 e. The second kappa shape index (κ2) is 7.82. The zero-order valence-electron chi connectivity index (χ0n) is 15.3. The molecule has 134 valence electrons. The van der Waals surface area contributed by atoms with E-state index < -0.39 is 0 Å². The second-order valence-electron chi connectivity index (χ2n) is 5.95. The zero-order valence-corrected chi connectivity index (χ0v) is 15.3. The number of carbonyl (C=O) groups excluding carboxylic acids is 1. The monoisotopic (exact) mass is 349 g/mol. The number of carbonyl (C=O) groups is 1. The SMILES string of the molecule is CCN(CC)c1ccc(NC(=O)c2c(-c3ccccc3)nnn2C)cc1. The molecule has 0 saturated carbocycles. The van der Waals surface area contributed by atoms with Crippen molar-refractivity contribution >= 4 is 17.3 Å². The predicted octanol–water partition coefficient (Wildman–Crippen LogP) is 3.58. The first-order chi connectivity index (χ1) is 12.6. The molecule has 0 bridgehead atoms. The molecule has 6 heteroatoms. The fraction of sp³-hybridized carbons (Fsp3) is 0.250. The van der Waals surface area contributed by atoms with Crippen LogP contribution in [0.15, 0.2) is 54.6 Å². The molecule has 0 aliphatic heterocycles.